The van der Waals surface area contributed by atoms with E-state index in [1.165, 1.54) is 11.3 Å². The largest absolute Gasteiger partial charge is 0.501 e. The summed E-state index contributed by atoms with van der Waals surface area (Å²) in [6.07, 6.45) is 9.56. The van der Waals surface area contributed by atoms with Crippen molar-refractivity contribution in [3.05, 3.63) is 59.5 Å². The molecule has 1 aromatic carbocycles. The van der Waals surface area contributed by atoms with Crippen LogP contribution in [0, 0.1) is 11.3 Å². The van der Waals surface area contributed by atoms with Crippen LogP contribution in [0.3, 0.4) is 0 Å². The predicted octanol–water partition coefficient (Wildman–Crippen LogP) is 4.46. The predicted molar refractivity (Wildman–Crippen MR) is 105 cm³/mol. The fraction of sp³-hybridized carbons (Fsp3) is 0.500. The van der Waals surface area contributed by atoms with Gasteiger partial charge in [0.15, 0.2) is 0 Å². The standard InChI is InChI=1S/C22H30N2O/c1-5-24-20-12-11-18(25-4)15-19(20)22(2,21(24)13-14-23-3)16-17-9-7-6-8-10-17/h6-12,14,19,21H,5,13,15-16H2,1-4H3. The van der Waals surface area contributed by atoms with E-state index in [0.29, 0.717) is 12.0 Å². The van der Waals surface area contributed by atoms with Gasteiger partial charge in [-0.3, -0.25) is 0 Å². The van der Waals surface area contributed by atoms with Crippen molar-refractivity contribution < 1.29 is 4.74 Å². The minimum absolute atomic E-state index is 0.155. The van der Waals surface area contributed by atoms with Crippen molar-refractivity contribution in [1.29, 1.82) is 0 Å². The van der Waals surface area contributed by atoms with Gasteiger partial charge in [0.25, 0.3) is 0 Å². The minimum Gasteiger partial charge on any atom is -0.501 e. The smallest absolute Gasteiger partial charge is 0.0962 e. The van der Waals surface area contributed by atoms with Crippen LogP contribution in [0.15, 0.2) is 58.9 Å². The van der Waals surface area contributed by atoms with Gasteiger partial charge in [-0.2, -0.15) is 0 Å². The number of methoxy groups -OCH3 is 1. The Hall–Kier alpha value is -2.03. The molecule has 0 saturated carbocycles. The van der Waals surface area contributed by atoms with Crippen LogP contribution in [-0.4, -0.2) is 37.9 Å². The second-order valence-electron chi connectivity index (χ2n) is 7.33. The van der Waals surface area contributed by atoms with Crippen LogP contribution in [0.25, 0.3) is 0 Å². The van der Waals surface area contributed by atoms with E-state index < -0.39 is 0 Å². The molecule has 0 amide bonds. The number of allylic oxidation sites excluding steroid dienone is 4. The third-order valence-electron chi connectivity index (χ3n) is 6.01. The van der Waals surface area contributed by atoms with Crippen molar-refractivity contribution in [2.75, 3.05) is 20.7 Å². The molecule has 0 spiro atoms. The first kappa shape index (κ1) is 17.8. The SMILES string of the molecule is CCN1C2=CC=C(OC)CC2C(C)(Cc2ccccc2)C1CC=NC. The lowest BCUT2D eigenvalue weighted by molar-refractivity contribution is 0.148. The normalized spacial score (nSPS) is 28.7. The van der Waals surface area contributed by atoms with Crippen molar-refractivity contribution in [2.45, 2.75) is 39.2 Å². The monoisotopic (exact) mass is 338 g/mol. The summed E-state index contributed by atoms with van der Waals surface area (Å²) in [6, 6.07) is 11.4. The number of likely N-dealkylation sites (tertiary alicyclic amines) is 1. The first-order valence-electron chi connectivity index (χ1n) is 9.30. The summed E-state index contributed by atoms with van der Waals surface area (Å²) in [4.78, 5) is 6.88. The van der Waals surface area contributed by atoms with E-state index in [1.54, 1.807) is 7.11 Å². The average Bonchev–Trinajstić information content (AvgIpc) is 2.87. The highest BCUT2D eigenvalue weighted by Gasteiger charge is 2.53. The van der Waals surface area contributed by atoms with Crippen molar-refractivity contribution in [1.82, 2.24) is 4.90 Å². The van der Waals surface area contributed by atoms with Gasteiger partial charge < -0.3 is 14.6 Å². The first-order valence-corrected chi connectivity index (χ1v) is 9.30. The van der Waals surface area contributed by atoms with Crippen molar-refractivity contribution in [2.24, 2.45) is 16.3 Å². The molecule has 134 valence electrons. The number of hydrogen-bond donors (Lipinski definition) is 0. The maximum absolute atomic E-state index is 5.60. The number of ether oxygens (including phenoxy) is 1. The van der Waals surface area contributed by atoms with Gasteiger partial charge in [0.05, 0.1) is 12.9 Å². The number of fused-ring (bicyclic) bond motifs is 1. The van der Waals surface area contributed by atoms with Crippen LogP contribution in [-0.2, 0) is 11.2 Å². The molecule has 1 aliphatic carbocycles. The van der Waals surface area contributed by atoms with Gasteiger partial charge in [-0.25, -0.2) is 0 Å². The summed E-state index contributed by atoms with van der Waals surface area (Å²) >= 11 is 0. The molecule has 1 aliphatic heterocycles. The molecule has 3 rings (SSSR count). The van der Waals surface area contributed by atoms with Crippen LogP contribution in [0.1, 0.15) is 32.3 Å². The highest BCUT2D eigenvalue weighted by atomic mass is 16.5. The van der Waals surface area contributed by atoms with Gasteiger partial charge in [0.2, 0.25) is 0 Å². The number of nitrogens with zero attached hydrogens (tertiary/aromatic N) is 2. The Kier molecular flexibility index (Phi) is 5.31. The topological polar surface area (TPSA) is 24.8 Å². The van der Waals surface area contributed by atoms with E-state index in [2.05, 4.69) is 72.4 Å². The van der Waals surface area contributed by atoms with Gasteiger partial charge in [-0.1, -0.05) is 37.3 Å². The molecule has 1 fully saturated rings. The molecule has 0 aromatic heterocycles. The van der Waals surface area contributed by atoms with Crippen LogP contribution in [0.4, 0.5) is 0 Å². The van der Waals surface area contributed by atoms with Gasteiger partial charge in [-0.05, 0) is 31.1 Å². The Morgan fingerprint density at radius 1 is 1.28 bits per heavy atom. The Balaban J connectivity index is 2.01. The quantitative estimate of drug-likeness (QED) is 0.715. The molecule has 3 heteroatoms. The van der Waals surface area contributed by atoms with Gasteiger partial charge in [0, 0.05) is 55.7 Å². The molecular formula is C22H30N2O. The van der Waals surface area contributed by atoms with E-state index in [0.717, 1.165) is 31.6 Å². The molecule has 1 heterocycles. The zero-order chi connectivity index (χ0) is 17.9. The van der Waals surface area contributed by atoms with E-state index >= 15 is 0 Å². The molecule has 0 radical (unpaired) electrons. The number of aliphatic imine (C=N–C) groups is 1. The second kappa shape index (κ2) is 7.47. The number of hydrogen-bond acceptors (Lipinski definition) is 3. The highest BCUT2D eigenvalue weighted by Crippen LogP contribution is 2.54. The van der Waals surface area contributed by atoms with E-state index in [-0.39, 0.29) is 5.41 Å². The fourth-order valence-electron chi connectivity index (χ4n) is 4.74. The summed E-state index contributed by atoms with van der Waals surface area (Å²) in [7, 11) is 3.66. The van der Waals surface area contributed by atoms with Gasteiger partial charge in [0.1, 0.15) is 0 Å². The molecule has 1 saturated heterocycles. The fourth-order valence-corrected chi connectivity index (χ4v) is 4.74. The maximum atomic E-state index is 5.60. The van der Waals surface area contributed by atoms with Crippen molar-refractivity contribution in [3.8, 4) is 0 Å². The Morgan fingerprint density at radius 3 is 2.68 bits per heavy atom. The summed E-state index contributed by atoms with van der Waals surface area (Å²) in [5.74, 6) is 1.58. The minimum atomic E-state index is 0.155. The molecular weight excluding hydrogens is 308 g/mol. The molecule has 1 aromatic rings. The van der Waals surface area contributed by atoms with E-state index in [4.69, 9.17) is 4.74 Å². The first-order chi connectivity index (χ1) is 12.1. The van der Waals surface area contributed by atoms with E-state index in [9.17, 15) is 0 Å². The molecule has 0 bridgehead atoms. The Bertz CT molecular complexity index is 677. The Morgan fingerprint density at radius 2 is 2.04 bits per heavy atom. The summed E-state index contributed by atoms with van der Waals surface area (Å²) in [5, 5.41) is 0. The Labute approximate surface area is 152 Å². The third-order valence-corrected chi connectivity index (χ3v) is 6.01. The molecule has 3 nitrogen and oxygen atoms in total. The summed E-state index contributed by atoms with van der Waals surface area (Å²) < 4.78 is 5.60. The maximum Gasteiger partial charge on any atom is 0.0962 e. The number of benzene rings is 1. The van der Waals surface area contributed by atoms with E-state index in [1.807, 2.05) is 7.05 Å². The third kappa shape index (κ3) is 3.24. The molecule has 2 aliphatic rings. The van der Waals surface area contributed by atoms with Crippen molar-refractivity contribution >= 4 is 6.21 Å². The van der Waals surface area contributed by atoms with Crippen LogP contribution in [0.2, 0.25) is 0 Å². The number of rotatable bonds is 6. The van der Waals surface area contributed by atoms with Crippen molar-refractivity contribution in [3.63, 3.8) is 0 Å². The lowest BCUT2D eigenvalue weighted by atomic mass is 9.67. The van der Waals surface area contributed by atoms with Crippen LogP contribution in [0.5, 0.6) is 0 Å². The van der Waals surface area contributed by atoms with Gasteiger partial charge in [-0.15, -0.1) is 0 Å². The summed E-state index contributed by atoms with van der Waals surface area (Å²) in [5.41, 5.74) is 3.04. The molecule has 25 heavy (non-hydrogen) atoms. The highest BCUT2D eigenvalue weighted by molar-refractivity contribution is 5.59. The molecule has 0 N–H and O–H groups in total. The zero-order valence-electron chi connectivity index (χ0n) is 15.9. The molecule has 3 atom stereocenters. The molecule has 3 unspecified atom stereocenters. The van der Waals surface area contributed by atoms with Crippen LogP contribution >= 0.6 is 0 Å². The van der Waals surface area contributed by atoms with Gasteiger partial charge >= 0.3 is 0 Å². The summed E-state index contributed by atoms with van der Waals surface area (Å²) in [6.45, 7) is 5.75. The second-order valence-corrected chi connectivity index (χ2v) is 7.33. The lowest BCUT2D eigenvalue weighted by Crippen LogP contribution is -2.41. The zero-order valence-corrected chi connectivity index (χ0v) is 15.9. The van der Waals surface area contributed by atoms with Crippen LogP contribution < -0.4 is 0 Å². The average molecular weight is 338 g/mol. The lowest BCUT2D eigenvalue weighted by Gasteiger charge is -2.37.